The van der Waals surface area contributed by atoms with E-state index in [1.807, 2.05) is 17.9 Å². The molecule has 3 amide bonds. The fourth-order valence-electron chi connectivity index (χ4n) is 5.31. The van der Waals surface area contributed by atoms with Crippen molar-refractivity contribution in [2.45, 2.75) is 26.1 Å². The molecular formula is C30H36F3N9O5. The molecule has 3 aromatic heterocycles. The van der Waals surface area contributed by atoms with Gasteiger partial charge in [-0.2, -0.15) is 13.2 Å². The number of carbonyl (C=O) groups is 3. The lowest BCUT2D eigenvalue weighted by Gasteiger charge is -2.34. The number of pyridine rings is 1. The molecule has 0 radical (unpaired) electrons. The van der Waals surface area contributed by atoms with Crippen LogP contribution in [0.1, 0.15) is 24.5 Å². The van der Waals surface area contributed by atoms with E-state index in [0.717, 1.165) is 31.4 Å². The highest BCUT2D eigenvalue weighted by atomic mass is 19.4. The number of nitrogens with zero attached hydrogens (tertiary/aromatic N) is 7. The Labute approximate surface area is 268 Å². The molecule has 2 aliphatic rings. The van der Waals surface area contributed by atoms with E-state index in [1.54, 1.807) is 17.2 Å². The topological polar surface area (TPSA) is 147 Å². The lowest BCUT2D eigenvalue weighted by molar-refractivity contribution is -0.137. The van der Waals surface area contributed by atoms with Crippen molar-refractivity contribution in [2.24, 2.45) is 0 Å². The van der Waals surface area contributed by atoms with Crippen LogP contribution in [0.25, 0.3) is 16.9 Å². The number of morpholine rings is 1. The summed E-state index contributed by atoms with van der Waals surface area (Å²) >= 11 is 0. The Kier molecular flexibility index (Phi) is 10.6. The molecule has 2 N–H and O–H groups in total. The van der Waals surface area contributed by atoms with Crippen molar-refractivity contribution in [1.82, 2.24) is 34.7 Å². The normalized spacial score (nSPS) is 16.1. The molecule has 0 aromatic carbocycles. The van der Waals surface area contributed by atoms with Gasteiger partial charge in [-0.25, -0.2) is 19.3 Å². The fraction of sp³-hybridized carbons (Fsp3) is 0.467. The number of rotatable bonds is 9. The molecule has 3 aromatic rings. The third kappa shape index (κ3) is 8.34. The zero-order valence-electron chi connectivity index (χ0n) is 26.0. The van der Waals surface area contributed by atoms with E-state index in [0.29, 0.717) is 70.4 Å². The number of nitrogens with one attached hydrogen (secondary N) is 2. The molecule has 252 valence electrons. The predicted molar refractivity (Wildman–Crippen MR) is 165 cm³/mol. The minimum absolute atomic E-state index is 0.0703. The molecule has 0 bridgehead atoms. The number of allylic oxidation sites excluding steroid dienone is 1. The maximum absolute atomic E-state index is 14.3. The first-order valence-corrected chi connectivity index (χ1v) is 15.1. The quantitative estimate of drug-likeness (QED) is 0.329. The highest BCUT2D eigenvalue weighted by molar-refractivity contribution is 5.91. The molecule has 14 nitrogen and oxygen atoms in total. The summed E-state index contributed by atoms with van der Waals surface area (Å²) in [4.78, 5) is 50.4. The van der Waals surface area contributed by atoms with E-state index in [9.17, 15) is 27.6 Å². The highest BCUT2D eigenvalue weighted by Crippen LogP contribution is 2.38. The van der Waals surface area contributed by atoms with Gasteiger partial charge in [0.1, 0.15) is 11.3 Å². The van der Waals surface area contributed by atoms with E-state index in [4.69, 9.17) is 4.74 Å². The number of hydrogen-bond donors (Lipinski definition) is 2. The predicted octanol–water partition coefficient (Wildman–Crippen LogP) is 2.55. The zero-order chi connectivity index (χ0) is 33.6. The Morgan fingerprint density at radius 1 is 1.09 bits per heavy atom. The second-order valence-electron chi connectivity index (χ2n) is 11.0. The summed E-state index contributed by atoms with van der Waals surface area (Å²) in [6.07, 6.45) is 0.850. The number of hydrogen-bond acceptors (Lipinski definition) is 10. The lowest BCUT2D eigenvalue weighted by Crippen LogP contribution is -2.50. The van der Waals surface area contributed by atoms with E-state index in [1.165, 1.54) is 10.6 Å². The van der Waals surface area contributed by atoms with E-state index in [-0.39, 0.29) is 35.6 Å². The molecule has 0 spiro atoms. The maximum Gasteiger partial charge on any atom is 0.417 e. The van der Waals surface area contributed by atoms with Gasteiger partial charge in [0.15, 0.2) is 11.6 Å². The van der Waals surface area contributed by atoms with Crippen LogP contribution >= 0.6 is 0 Å². The van der Waals surface area contributed by atoms with Gasteiger partial charge in [-0.3, -0.25) is 19.8 Å². The number of carbonyl (C=O) groups excluding carboxylic acids is 3. The van der Waals surface area contributed by atoms with Crippen LogP contribution in [-0.4, -0.2) is 113 Å². The van der Waals surface area contributed by atoms with Crippen LogP contribution in [0.5, 0.6) is 0 Å². The van der Waals surface area contributed by atoms with Crippen molar-refractivity contribution in [3.05, 3.63) is 47.8 Å². The first-order chi connectivity index (χ1) is 22.5. The van der Waals surface area contributed by atoms with Gasteiger partial charge >= 0.3 is 12.3 Å². The van der Waals surface area contributed by atoms with Gasteiger partial charge < -0.3 is 24.6 Å². The molecule has 5 heterocycles. The second kappa shape index (κ2) is 14.8. The summed E-state index contributed by atoms with van der Waals surface area (Å²) in [5, 5.41) is 9.23. The van der Waals surface area contributed by atoms with Crippen LogP contribution in [0, 0.1) is 0 Å². The molecule has 0 saturated carbocycles. The minimum atomic E-state index is -4.80. The van der Waals surface area contributed by atoms with Gasteiger partial charge in [0, 0.05) is 58.2 Å². The smallest absolute Gasteiger partial charge is 0.417 e. The third-order valence-corrected chi connectivity index (χ3v) is 7.73. The standard InChI is InChI=1S/C30H36F3N9O5/c1-3-4-5-25(43)35-17-26(44)40-8-6-39(7-9-40)18-20-14-23-28(41-10-12-47-13-11-41)37-27(38-42(23)19-20)21-16-34-24(36-29(45)46-2)15-22(21)30(31,32)33/h4-5,14-16,19H,3,6-13,17-18H2,1-2H3,(H,35,43)(H,34,36,45)/b5-4+. The van der Waals surface area contributed by atoms with Crippen LogP contribution in [0.15, 0.2) is 36.7 Å². The molecule has 2 saturated heterocycles. The van der Waals surface area contributed by atoms with Gasteiger partial charge in [0.25, 0.3) is 0 Å². The molecule has 0 aliphatic carbocycles. The summed E-state index contributed by atoms with van der Waals surface area (Å²) in [5.41, 5.74) is 0.0752. The van der Waals surface area contributed by atoms with Crippen LogP contribution in [0.2, 0.25) is 0 Å². The first-order valence-electron chi connectivity index (χ1n) is 15.1. The molecular weight excluding hydrogens is 623 g/mol. The number of halogens is 3. The molecule has 0 atom stereocenters. The van der Waals surface area contributed by atoms with Gasteiger partial charge in [-0.15, -0.1) is 5.10 Å². The molecule has 2 aliphatic heterocycles. The Bertz CT molecular complexity index is 1630. The van der Waals surface area contributed by atoms with E-state index in [2.05, 4.69) is 35.3 Å². The third-order valence-electron chi connectivity index (χ3n) is 7.73. The van der Waals surface area contributed by atoms with E-state index >= 15 is 0 Å². The number of amides is 3. The summed E-state index contributed by atoms with van der Waals surface area (Å²) in [6, 6.07) is 2.63. The van der Waals surface area contributed by atoms with E-state index < -0.39 is 17.8 Å². The number of fused-ring (bicyclic) bond motifs is 1. The Hall–Kier alpha value is -4.77. The summed E-state index contributed by atoms with van der Waals surface area (Å²) in [5.74, 6) is -0.518. The van der Waals surface area contributed by atoms with Gasteiger partial charge in [-0.1, -0.05) is 13.0 Å². The van der Waals surface area contributed by atoms with Gasteiger partial charge in [0.05, 0.1) is 38.0 Å². The zero-order valence-corrected chi connectivity index (χ0v) is 26.0. The molecule has 5 rings (SSSR count). The highest BCUT2D eigenvalue weighted by Gasteiger charge is 2.36. The van der Waals surface area contributed by atoms with Crippen LogP contribution in [0.4, 0.5) is 29.6 Å². The van der Waals surface area contributed by atoms with Crippen molar-refractivity contribution in [1.29, 1.82) is 0 Å². The molecule has 17 heteroatoms. The largest absolute Gasteiger partial charge is 0.453 e. The SMILES string of the molecule is CC/C=C/C(=O)NCC(=O)N1CCN(Cc2cc3c(N4CCOCC4)nc(-c4cnc(NC(=O)OC)cc4C(F)(F)F)nn3c2)CC1. The summed E-state index contributed by atoms with van der Waals surface area (Å²) in [6.45, 7) is 6.39. The second-order valence-corrected chi connectivity index (χ2v) is 11.0. The number of ether oxygens (including phenoxy) is 2. The summed E-state index contributed by atoms with van der Waals surface area (Å²) < 4.78 is 54.3. The average Bonchev–Trinajstić information content (AvgIpc) is 3.48. The molecule has 0 unspecified atom stereocenters. The van der Waals surface area contributed by atoms with Crippen molar-refractivity contribution in [3.63, 3.8) is 0 Å². The summed E-state index contributed by atoms with van der Waals surface area (Å²) in [7, 11) is 1.09. The Morgan fingerprint density at radius 2 is 1.83 bits per heavy atom. The first kappa shape index (κ1) is 33.6. The van der Waals surface area contributed by atoms with Crippen LogP contribution < -0.4 is 15.5 Å². The fourth-order valence-corrected chi connectivity index (χ4v) is 5.31. The molecule has 2 fully saturated rings. The minimum Gasteiger partial charge on any atom is -0.453 e. The number of piperazine rings is 1. The van der Waals surface area contributed by atoms with Crippen molar-refractivity contribution in [2.75, 3.05) is 76.4 Å². The van der Waals surface area contributed by atoms with Gasteiger partial charge in [0.2, 0.25) is 11.8 Å². The van der Waals surface area contributed by atoms with Crippen molar-refractivity contribution >= 4 is 35.1 Å². The maximum atomic E-state index is 14.3. The number of aromatic nitrogens is 4. The molecule has 47 heavy (non-hydrogen) atoms. The van der Waals surface area contributed by atoms with Gasteiger partial charge in [-0.05, 0) is 30.2 Å². The van der Waals surface area contributed by atoms with Crippen molar-refractivity contribution < 1.29 is 37.0 Å². The number of methoxy groups -OCH3 is 1. The Morgan fingerprint density at radius 3 is 2.51 bits per heavy atom. The monoisotopic (exact) mass is 659 g/mol. The van der Waals surface area contributed by atoms with Crippen LogP contribution in [-0.2, 0) is 31.8 Å². The number of anilines is 2. The Balaban J connectivity index is 1.37. The average molecular weight is 660 g/mol. The van der Waals surface area contributed by atoms with Crippen molar-refractivity contribution in [3.8, 4) is 11.4 Å². The van der Waals surface area contributed by atoms with Crippen LogP contribution in [0.3, 0.4) is 0 Å². The lowest BCUT2D eigenvalue weighted by atomic mass is 10.1. The number of alkyl halides is 3.